The fraction of sp³-hybridized carbons (Fsp3) is 0.0556. The standard InChI is InChI=1S/C18H15IN2/c19-16-7-4-8-17(13-16)21-18(14-5-2-1-3-6-14)15-9-11-20-12-10-15/h1-13,18,21H. The highest BCUT2D eigenvalue weighted by Crippen LogP contribution is 2.26. The van der Waals surface area contributed by atoms with Gasteiger partial charge in [0.2, 0.25) is 0 Å². The van der Waals surface area contributed by atoms with Crippen LogP contribution in [0.4, 0.5) is 5.69 Å². The molecule has 3 rings (SSSR count). The van der Waals surface area contributed by atoms with Crippen molar-refractivity contribution in [1.29, 1.82) is 0 Å². The van der Waals surface area contributed by atoms with Crippen LogP contribution in [0.2, 0.25) is 0 Å². The van der Waals surface area contributed by atoms with Gasteiger partial charge < -0.3 is 5.32 Å². The fourth-order valence-corrected chi connectivity index (χ4v) is 2.85. The van der Waals surface area contributed by atoms with Crippen molar-refractivity contribution in [2.24, 2.45) is 0 Å². The molecular weight excluding hydrogens is 371 g/mol. The average molecular weight is 386 g/mol. The Balaban J connectivity index is 1.97. The summed E-state index contributed by atoms with van der Waals surface area (Å²) in [6.45, 7) is 0. The summed E-state index contributed by atoms with van der Waals surface area (Å²) in [4.78, 5) is 4.11. The van der Waals surface area contributed by atoms with Gasteiger partial charge in [-0.1, -0.05) is 36.4 Å². The number of nitrogens with one attached hydrogen (secondary N) is 1. The Morgan fingerprint density at radius 3 is 2.24 bits per heavy atom. The molecule has 2 aromatic carbocycles. The van der Waals surface area contributed by atoms with Crippen molar-refractivity contribution in [1.82, 2.24) is 4.98 Å². The topological polar surface area (TPSA) is 24.9 Å². The summed E-state index contributed by atoms with van der Waals surface area (Å²) in [5.41, 5.74) is 3.56. The van der Waals surface area contributed by atoms with Gasteiger partial charge in [-0.3, -0.25) is 4.98 Å². The van der Waals surface area contributed by atoms with Gasteiger partial charge in [0.1, 0.15) is 0 Å². The monoisotopic (exact) mass is 386 g/mol. The first-order chi connectivity index (χ1) is 10.3. The lowest BCUT2D eigenvalue weighted by atomic mass is 9.99. The number of anilines is 1. The van der Waals surface area contributed by atoms with Crippen LogP contribution in [0, 0.1) is 3.57 Å². The van der Waals surface area contributed by atoms with Gasteiger partial charge >= 0.3 is 0 Å². The molecule has 1 aromatic heterocycles. The highest BCUT2D eigenvalue weighted by molar-refractivity contribution is 14.1. The Labute approximate surface area is 138 Å². The van der Waals surface area contributed by atoms with E-state index in [9.17, 15) is 0 Å². The number of aromatic nitrogens is 1. The molecule has 1 atom stereocenters. The predicted octanol–water partition coefficient (Wildman–Crippen LogP) is 4.89. The minimum Gasteiger partial charge on any atom is -0.374 e. The average Bonchev–Trinajstić information content (AvgIpc) is 2.54. The first kappa shape index (κ1) is 14.1. The highest BCUT2D eigenvalue weighted by Gasteiger charge is 2.13. The second-order valence-electron chi connectivity index (χ2n) is 4.78. The largest absolute Gasteiger partial charge is 0.374 e. The minimum absolute atomic E-state index is 0.118. The summed E-state index contributed by atoms with van der Waals surface area (Å²) in [6.07, 6.45) is 3.67. The van der Waals surface area contributed by atoms with E-state index in [1.165, 1.54) is 14.7 Å². The second-order valence-corrected chi connectivity index (χ2v) is 6.02. The number of hydrogen-bond acceptors (Lipinski definition) is 2. The Hall–Kier alpha value is -1.88. The van der Waals surface area contributed by atoms with Crippen LogP contribution in [0.25, 0.3) is 0 Å². The minimum atomic E-state index is 0.118. The van der Waals surface area contributed by atoms with Gasteiger partial charge in [-0.15, -0.1) is 0 Å². The molecule has 3 heteroatoms. The van der Waals surface area contributed by atoms with Gasteiger partial charge in [0.15, 0.2) is 0 Å². The molecule has 0 aliphatic rings. The van der Waals surface area contributed by atoms with Crippen molar-refractivity contribution in [2.75, 3.05) is 5.32 Å². The van der Waals surface area contributed by atoms with E-state index in [1.54, 1.807) is 0 Å². The Morgan fingerprint density at radius 2 is 1.52 bits per heavy atom. The van der Waals surface area contributed by atoms with Crippen LogP contribution < -0.4 is 5.32 Å². The third-order valence-corrected chi connectivity index (χ3v) is 3.98. The maximum Gasteiger partial charge on any atom is 0.0768 e. The molecular formula is C18H15IN2. The summed E-state index contributed by atoms with van der Waals surface area (Å²) in [5, 5.41) is 3.62. The number of rotatable bonds is 4. The van der Waals surface area contributed by atoms with Crippen LogP contribution in [0.3, 0.4) is 0 Å². The lowest BCUT2D eigenvalue weighted by Gasteiger charge is -2.21. The van der Waals surface area contributed by atoms with E-state index in [-0.39, 0.29) is 6.04 Å². The van der Waals surface area contributed by atoms with E-state index in [0.29, 0.717) is 0 Å². The number of halogens is 1. The first-order valence-electron chi connectivity index (χ1n) is 6.80. The van der Waals surface area contributed by atoms with Crippen molar-refractivity contribution in [3.63, 3.8) is 0 Å². The van der Waals surface area contributed by atoms with Gasteiger partial charge in [-0.2, -0.15) is 0 Å². The molecule has 2 nitrogen and oxygen atoms in total. The summed E-state index contributed by atoms with van der Waals surface area (Å²) < 4.78 is 1.22. The number of hydrogen-bond donors (Lipinski definition) is 1. The van der Waals surface area contributed by atoms with E-state index >= 15 is 0 Å². The molecule has 21 heavy (non-hydrogen) atoms. The normalized spacial score (nSPS) is 11.9. The van der Waals surface area contributed by atoms with Crippen LogP contribution in [-0.2, 0) is 0 Å². The van der Waals surface area contributed by atoms with E-state index in [0.717, 1.165) is 5.69 Å². The van der Waals surface area contributed by atoms with Gasteiger partial charge in [0.05, 0.1) is 6.04 Å². The van der Waals surface area contributed by atoms with Gasteiger partial charge in [-0.25, -0.2) is 0 Å². The van der Waals surface area contributed by atoms with E-state index in [2.05, 4.69) is 93.6 Å². The van der Waals surface area contributed by atoms with Crippen LogP contribution >= 0.6 is 22.6 Å². The molecule has 0 aliphatic heterocycles. The van der Waals surface area contributed by atoms with Crippen molar-refractivity contribution in [3.05, 3.63) is 93.8 Å². The predicted molar refractivity (Wildman–Crippen MR) is 95.3 cm³/mol. The Morgan fingerprint density at radius 1 is 0.810 bits per heavy atom. The summed E-state index contributed by atoms with van der Waals surface area (Å²) in [6, 6.07) is 23.1. The number of pyridine rings is 1. The molecule has 1 unspecified atom stereocenters. The second kappa shape index (κ2) is 6.72. The van der Waals surface area contributed by atoms with Gasteiger partial charge in [-0.05, 0) is 64.0 Å². The Bertz CT molecular complexity index is 659. The Kier molecular flexibility index (Phi) is 4.50. The molecule has 0 spiro atoms. The molecule has 0 amide bonds. The van der Waals surface area contributed by atoms with E-state index in [4.69, 9.17) is 0 Å². The van der Waals surface area contributed by atoms with Crippen LogP contribution in [0.5, 0.6) is 0 Å². The molecule has 1 heterocycles. The molecule has 0 aliphatic carbocycles. The number of benzene rings is 2. The molecule has 3 aromatic rings. The van der Waals surface area contributed by atoms with E-state index in [1.807, 2.05) is 18.5 Å². The quantitative estimate of drug-likeness (QED) is 0.646. The molecule has 0 fully saturated rings. The molecule has 104 valence electrons. The zero-order valence-corrected chi connectivity index (χ0v) is 13.6. The van der Waals surface area contributed by atoms with Gasteiger partial charge in [0, 0.05) is 21.7 Å². The van der Waals surface area contributed by atoms with Crippen LogP contribution in [0.1, 0.15) is 17.2 Å². The van der Waals surface area contributed by atoms with Crippen molar-refractivity contribution in [3.8, 4) is 0 Å². The molecule has 0 saturated carbocycles. The van der Waals surface area contributed by atoms with Crippen LogP contribution in [-0.4, -0.2) is 4.98 Å². The SMILES string of the molecule is Ic1cccc(NC(c2ccccc2)c2ccncc2)c1. The van der Waals surface area contributed by atoms with Crippen LogP contribution in [0.15, 0.2) is 79.1 Å². The summed E-state index contributed by atoms with van der Waals surface area (Å²) in [7, 11) is 0. The van der Waals surface area contributed by atoms with E-state index < -0.39 is 0 Å². The maximum atomic E-state index is 4.11. The molecule has 1 N–H and O–H groups in total. The smallest absolute Gasteiger partial charge is 0.0768 e. The molecule has 0 saturated heterocycles. The summed E-state index contributed by atoms with van der Waals surface area (Å²) >= 11 is 2.33. The lowest BCUT2D eigenvalue weighted by molar-refractivity contribution is 0.934. The molecule has 0 bridgehead atoms. The summed E-state index contributed by atoms with van der Waals surface area (Å²) in [5.74, 6) is 0. The number of nitrogens with zero attached hydrogens (tertiary/aromatic N) is 1. The fourth-order valence-electron chi connectivity index (χ4n) is 2.31. The van der Waals surface area contributed by atoms with Crippen molar-refractivity contribution >= 4 is 28.3 Å². The first-order valence-corrected chi connectivity index (χ1v) is 7.88. The molecule has 0 radical (unpaired) electrons. The maximum absolute atomic E-state index is 4.11. The highest BCUT2D eigenvalue weighted by atomic mass is 127. The third kappa shape index (κ3) is 3.61. The lowest BCUT2D eigenvalue weighted by Crippen LogP contribution is -2.12. The van der Waals surface area contributed by atoms with Crippen molar-refractivity contribution in [2.45, 2.75) is 6.04 Å². The van der Waals surface area contributed by atoms with Crippen molar-refractivity contribution < 1.29 is 0 Å². The zero-order chi connectivity index (χ0) is 14.5. The third-order valence-electron chi connectivity index (χ3n) is 3.31. The zero-order valence-electron chi connectivity index (χ0n) is 11.4. The van der Waals surface area contributed by atoms with Gasteiger partial charge in [0.25, 0.3) is 0 Å².